The molecule has 0 radical (unpaired) electrons. The lowest BCUT2D eigenvalue weighted by Gasteiger charge is -2.46. The first-order chi connectivity index (χ1) is 14.3. The summed E-state index contributed by atoms with van der Waals surface area (Å²) < 4.78 is 2.12. The minimum Gasteiger partial charge on any atom is -0.310 e. The van der Waals surface area contributed by atoms with Crippen LogP contribution in [-0.2, 0) is 0 Å². The van der Waals surface area contributed by atoms with Crippen molar-refractivity contribution in [1.29, 1.82) is 0 Å². The van der Waals surface area contributed by atoms with Crippen molar-refractivity contribution >= 4 is 13.4 Å². The Morgan fingerprint density at radius 1 is 0.933 bits per heavy atom. The maximum atomic E-state index is 5.26. The molecule has 5 heteroatoms. The van der Waals surface area contributed by atoms with Gasteiger partial charge in [0.1, 0.15) is 20.1 Å². The zero-order valence-electron chi connectivity index (χ0n) is 20.5. The summed E-state index contributed by atoms with van der Waals surface area (Å²) in [5.74, 6) is 0.887. The first kappa shape index (κ1) is 24.8. The lowest BCUT2D eigenvalue weighted by atomic mass is 9.89. The molecule has 0 amide bonds. The second-order valence-corrected chi connectivity index (χ2v) is 14.6. The van der Waals surface area contributed by atoms with Crippen LogP contribution in [0.2, 0.25) is 18.1 Å². The van der Waals surface area contributed by atoms with Gasteiger partial charge in [-0.3, -0.25) is 4.98 Å². The summed E-state index contributed by atoms with van der Waals surface area (Å²) in [6, 6.07) is 6.91. The van der Waals surface area contributed by atoms with Crippen molar-refractivity contribution < 1.29 is 0 Å². The molecular weight excluding hydrogens is 384 g/mol. The first-order valence-electron chi connectivity index (χ1n) is 12.2. The molecule has 0 N–H and O–H groups in total. The number of hydrogen-bond acceptors (Lipinski definition) is 3. The molecule has 2 aromatic heterocycles. The smallest absolute Gasteiger partial charge is 0.182 e. The van der Waals surface area contributed by atoms with E-state index in [9.17, 15) is 0 Å². The Morgan fingerprint density at radius 3 is 2.00 bits per heavy atom. The van der Waals surface area contributed by atoms with Gasteiger partial charge in [0.25, 0.3) is 0 Å². The van der Waals surface area contributed by atoms with Crippen LogP contribution in [0.4, 0.5) is 0 Å². The third-order valence-electron chi connectivity index (χ3n) is 7.10. The van der Waals surface area contributed by atoms with E-state index in [0.29, 0.717) is 11.1 Å². The second-order valence-electron chi connectivity index (χ2n) is 9.78. The highest BCUT2D eigenvalue weighted by atomic mass is 28.3. The van der Waals surface area contributed by atoms with Gasteiger partial charge in [0, 0.05) is 11.4 Å². The Bertz CT molecular complexity index is 744. The van der Waals surface area contributed by atoms with Gasteiger partial charge in [-0.25, -0.2) is 0 Å². The van der Waals surface area contributed by atoms with Crippen molar-refractivity contribution in [3.05, 3.63) is 24.5 Å². The van der Waals surface area contributed by atoms with Gasteiger partial charge in [-0.2, -0.15) is 0 Å². The SMILES string of the molecule is CCCCC(CCCC)(CCCC)[Si](C)(C)c1cccc(-c2nncn2C(C)C)n1. The fourth-order valence-electron chi connectivity index (χ4n) is 4.84. The van der Waals surface area contributed by atoms with Crippen molar-refractivity contribution in [2.75, 3.05) is 0 Å². The Morgan fingerprint density at radius 2 is 1.50 bits per heavy atom. The van der Waals surface area contributed by atoms with Crippen molar-refractivity contribution in [3.63, 3.8) is 0 Å². The number of nitrogens with zero attached hydrogens (tertiary/aromatic N) is 4. The normalized spacial score (nSPS) is 12.7. The lowest BCUT2D eigenvalue weighted by molar-refractivity contribution is 0.388. The van der Waals surface area contributed by atoms with Gasteiger partial charge in [0.05, 0.1) is 0 Å². The summed E-state index contributed by atoms with van der Waals surface area (Å²) in [5.41, 5.74) is 0.967. The van der Waals surface area contributed by atoms with Crippen LogP contribution in [0, 0.1) is 0 Å². The molecule has 0 atom stereocenters. The number of hydrogen-bond donors (Lipinski definition) is 0. The molecule has 0 aromatic carbocycles. The summed E-state index contributed by atoms with van der Waals surface area (Å²) in [5, 5.41) is 10.3. The highest BCUT2D eigenvalue weighted by Gasteiger charge is 2.47. The maximum absolute atomic E-state index is 5.26. The molecule has 0 spiro atoms. The van der Waals surface area contributed by atoms with Gasteiger partial charge >= 0.3 is 0 Å². The molecule has 2 aromatic rings. The Balaban J connectivity index is 2.51. The van der Waals surface area contributed by atoms with Crippen LogP contribution < -0.4 is 5.32 Å². The average molecular weight is 429 g/mol. The molecule has 0 aliphatic rings. The number of unbranched alkanes of at least 4 members (excludes halogenated alkanes) is 3. The fraction of sp³-hybridized carbons (Fsp3) is 0.720. The Hall–Kier alpha value is -1.49. The lowest BCUT2D eigenvalue weighted by Crippen LogP contribution is -2.54. The molecule has 0 saturated carbocycles. The summed E-state index contributed by atoms with van der Waals surface area (Å²) >= 11 is 0. The van der Waals surface area contributed by atoms with Crippen molar-refractivity contribution in [2.24, 2.45) is 0 Å². The van der Waals surface area contributed by atoms with E-state index >= 15 is 0 Å². The molecular formula is C25H44N4Si. The molecule has 0 unspecified atom stereocenters. The molecule has 168 valence electrons. The minimum atomic E-state index is -1.83. The van der Waals surface area contributed by atoms with Crippen LogP contribution in [0.15, 0.2) is 24.5 Å². The van der Waals surface area contributed by atoms with Crippen LogP contribution >= 0.6 is 0 Å². The van der Waals surface area contributed by atoms with Crippen molar-refractivity contribution in [2.45, 2.75) is 117 Å². The average Bonchev–Trinajstić information content (AvgIpc) is 3.24. The fourth-order valence-corrected chi connectivity index (χ4v) is 8.70. The maximum Gasteiger partial charge on any atom is 0.182 e. The van der Waals surface area contributed by atoms with Crippen LogP contribution in [0.5, 0.6) is 0 Å². The van der Waals surface area contributed by atoms with Crippen LogP contribution in [-0.4, -0.2) is 27.8 Å². The number of pyridine rings is 1. The van der Waals surface area contributed by atoms with E-state index < -0.39 is 8.07 Å². The molecule has 30 heavy (non-hydrogen) atoms. The van der Waals surface area contributed by atoms with E-state index in [2.05, 4.69) is 80.7 Å². The summed E-state index contributed by atoms with van der Waals surface area (Å²) in [6.07, 6.45) is 13.7. The molecule has 0 aliphatic heterocycles. The van der Waals surface area contributed by atoms with Crippen molar-refractivity contribution in [1.82, 2.24) is 19.7 Å². The molecule has 0 fully saturated rings. The number of aromatic nitrogens is 4. The summed E-state index contributed by atoms with van der Waals surface area (Å²) in [4.78, 5) is 5.26. The van der Waals surface area contributed by atoms with Gasteiger partial charge in [0.15, 0.2) is 5.82 Å². The second kappa shape index (κ2) is 11.2. The van der Waals surface area contributed by atoms with Crippen LogP contribution in [0.25, 0.3) is 11.5 Å². The topological polar surface area (TPSA) is 43.6 Å². The summed E-state index contributed by atoms with van der Waals surface area (Å²) in [6.45, 7) is 16.5. The third-order valence-corrected chi connectivity index (χ3v) is 12.1. The zero-order valence-corrected chi connectivity index (χ0v) is 21.5. The molecule has 0 bridgehead atoms. The highest BCUT2D eigenvalue weighted by molar-refractivity contribution is 6.91. The monoisotopic (exact) mass is 428 g/mol. The Kier molecular flexibility index (Phi) is 9.26. The van der Waals surface area contributed by atoms with Crippen LogP contribution in [0.1, 0.15) is 98.4 Å². The molecule has 2 heterocycles. The molecule has 2 rings (SSSR count). The van der Waals surface area contributed by atoms with E-state index in [1.807, 2.05) is 6.33 Å². The van der Waals surface area contributed by atoms with Crippen LogP contribution in [0.3, 0.4) is 0 Å². The molecule has 0 aliphatic carbocycles. The van der Waals surface area contributed by atoms with Gasteiger partial charge in [0.2, 0.25) is 0 Å². The largest absolute Gasteiger partial charge is 0.310 e. The third kappa shape index (κ3) is 5.40. The van der Waals surface area contributed by atoms with E-state index in [-0.39, 0.29) is 0 Å². The van der Waals surface area contributed by atoms with Gasteiger partial charge in [-0.05, 0) is 50.3 Å². The standard InChI is InChI=1S/C25H44N4Si/c1-8-11-17-25(18-12-9-2,19-13-10-3)30(6,7)23-16-14-15-22(27-23)24-28-26-20-29(24)21(4)5/h14-16,20-21H,8-13,17-19H2,1-7H3. The minimum absolute atomic E-state index is 0.323. The van der Waals surface area contributed by atoms with Gasteiger partial charge in [-0.15, -0.1) is 10.2 Å². The van der Waals surface area contributed by atoms with E-state index in [1.165, 1.54) is 63.1 Å². The predicted octanol–water partition coefficient (Wildman–Crippen LogP) is 7.15. The molecule has 4 nitrogen and oxygen atoms in total. The number of rotatable bonds is 13. The quantitative estimate of drug-likeness (QED) is 0.318. The van der Waals surface area contributed by atoms with E-state index in [4.69, 9.17) is 4.98 Å². The van der Waals surface area contributed by atoms with Gasteiger partial charge in [-0.1, -0.05) is 78.5 Å². The predicted molar refractivity (Wildman–Crippen MR) is 132 cm³/mol. The van der Waals surface area contributed by atoms with E-state index in [0.717, 1.165) is 11.5 Å². The summed E-state index contributed by atoms with van der Waals surface area (Å²) in [7, 11) is -1.83. The highest BCUT2D eigenvalue weighted by Crippen LogP contribution is 2.51. The van der Waals surface area contributed by atoms with E-state index in [1.54, 1.807) is 0 Å². The first-order valence-corrected chi connectivity index (χ1v) is 15.2. The molecule has 0 saturated heterocycles. The van der Waals surface area contributed by atoms with Gasteiger partial charge < -0.3 is 4.57 Å². The Labute approximate surface area is 185 Å². The zero-order chi connectivity index (χ0) is 22.2. The van der Waals surface area contributed by atoms with Crippen molar-refractivity contribution in [3.8, 4) is 11.5 Å².